The first-order valence-electron chi connectivity index (χ1n) is 4.58. The highest BCUT2D eigenvalue weighted by Gasteiger charge is 2.12. The molecule has 3 nitrogen and oxygen atoms in total. The summed E-state index contributed by atoms with van der Waals surface area (Å²) < 4.78 is 7.09. The summed E-state index contributed by atoms with van der Waals surface area (Å²) in [6.45, 7) is 5.63. The van der Waals surface area contributed by atoms with Crippen molar-refractivity contribution in [3.8, 4) is 0 Å². The third-order valence-corrected chi connectivity index (χ3v) is 2.71. The van der Waals surface area contributed by atoms with Crippen LogP contribution < -0.4 is 5.56 Å². The molecule has 2 aromatic heterocycles. The van der Waals surface area contributed by atoms with Gasteiger partial charge in [-0.05, 0) is 26.8 Å². The van der Waals surface area contributed by atoms with E-state index in [1.165, 1.54) is 0 Å². The Hall–Kier alpha value is -1.51. The van der Waals surface area contributed by atoms with Crippen LogP contribution in [0.2, 0.25) is 0 Å². The van der Waals surface area contributed by atoms with E-state index in [0.29, 0.717) is 11.1 Å². The molecule has 14 heavy (non-hydrogen) atoms. The summed E-state index contributed by atoms with van der Waals surface area (Å²) in [4.78, 5) is 11.9. The number of fused-ring (bicyclic) bond motifs is 1. The van der Waals surface area contributed by atoms with E-state index in [0.717, 1.165) is 16.8 Å². The summed E-state index contributed by atoms with van der Waals surface area (Å²) in [6.07, 6.45) is 0. The summed E-state index contributed by atoms with van der Waals surface area (Å²) in [5.74, 6) is 1.52. The number of aryl methyl sites for hydroxylation is 3. The Morgan fingerprint density at radius 2 is 1.86 bits per heavy atom. The first kappa shape index (κ1) is 9.06. The van der Waals surface area contributed by atoms with E-state index in [9.17, 15) is 4.79 Å². The molecule has 0 aliphatic heterocycles. The molecule has 2 heterocycles. The van der Waals surface area contributed by atoms with Crippen LogP contribution in [0.1, 0.15) is 17.2 Å². The van der Waals surface area contributed by atoms with E-state index >= 15 is 0 Å². The molecule has 0 radical (unpaired) electrons. The predicted octanol–water partition coefficient (Wildman–Crippen LogP) is 2.06. The molecule has 2 aromatic rings. The van der Waals surface area contributed by atoms with Crippen molar-refractivity contribution in [1.29, 1.82) is 0 Å². The van der Waals surface area contributed by atoms with Crippen molar-refractivity contribution < 1.29 is 4.42 Å². The summed E-state index contributed by atoms with van der Waals surface area (Å²) in [7, 11) is 1.78. The highest BCUT2D eigenvalue weighted by atomic mass is 16.3. The Kier molecular flexibility index (Phi) is 1.77. The van der Waals surface area contributed by atoms with Crippen LogP contribution in [0.15, 0.2) is 15.3 Å². The van der Waals surface area contributed by atoms with E-state index in [4.69, 9.17) is 4.42 Å². The van der Waals surface area contributed by atoms with Gasteiger partial charge in [-0.1, -0.05) is 0 Å². The maximum Gasteiger partial charge on any atom is 0.261 e. The molecule has 3 heteroatoms. The van der Waals surface area contributed by atoms with Gasteiger partial charge in [-0.25, -0.2) is 0 Å². The van der Waals surface area contributed by atoms with Crippen LogP contribution in [-0.2, 0) is 7.05 Å². The second-order valence-corrected chi connectivity index (χ2v) is 3.65. The number of hydrogen-bond acceptors (Lipinski definition) is 2. The van der Waals surface area contributed by atoms with Gasteiger partial charge in [0.25, 0.3) is 5.56 Å². The van der Waals surface area contributed by atoms with Gasteiger partial charge in [0.05, 0.1) is 5.39 Å². The van der Waals surface area contributed by atoms with E-state index in [-0.39, 0.29) is 5.56 Å². The molecule has 0 bridgehead atoms. The monoisotopic (exact) mass is 191 g/mol. The second-order valence-electron chi connectivity index (χ2n) is 3.65. The maximum absolute atomic E-state index is 11.9. The lowest BCUT2D eigenvalue weighted by Crippen LogP contribution is -2.18. The third-order valence-electron chi connectivity index (χ3n) is 2.71. The number of furan rings is 1. The standard InChI is InChI=1S/C11H13NO2/c1-6-5-9-7(2)14-8(3)10(9)11(13)12(6)4/h5H,1-4H3. The average Bonchev–Trinajstić information content (AvgIpc) is 2.38. The largest absolute Gasteiger partial charge is 0.465 e. The van der Waals surface area contributed by atoms with Gasteiger partial charge >= 0.3 is 0 Å². The summed E-state index contributed by atoms with van der Waals surface area (Å²) in [5, 5.41) is 1.64. The average molecular weight is 191 g/mol. The Labute approximate surface area is 82.0 Å². The predicted molar refractivity (Wildman–Crippen MR) is 55.7 cm³/mol. The van der Waals surface area contributed by atoms with Crippen LogP contribution in [0.25, 0.3) is 10.8 Å². The quantitative estimate of drug-likeness (QED) is 0.638. The van der Waals surface area contributed by atoms with Crippen molar-refractivity contribution in [3.63, 3.8) is 0 Å². The molecule has 0 spiro atoms. The zero-order chi connectivity index (χ0) is 10.5. The zero-order valence-electron chi connectivity index (χ0n) is 8.84. The smallest absolute Gasteiger partial charge is 0.261 e. The van der Waals surface area contributed by atoms with Crippen LogP contribution in [0.4, 0.5) is 0 Å². The van der Waals surface area contributed by atoms with Gasteiger partial charge in [0.1, 0.15) is 11.5 Å². The molecule has 0 amide bonds. The van der Waals surface area contributed by atoms with Crippen molar-refractivity contribution in [2.45, 2.75) is 20.8 Å². The molecule has 0 N–H and O–H groups in total. The topological polar surface area (TPSA) is 35.1 Å². The summed E-state index contributed by atoms with van der Waals surface area (Å²) in [6, 6.07) is 1.99. The molecule has 0 aromatic carbocycles. The zero-order valence-corrected chi connectivity index (χ0v) is 8.84. The lowest BCUT2D eigenvalue weighted by molar-refractivity contribution is 0.510. The van der Waals surface area contributed by atoms with Crippen molar-refractivity contribution in [2.24, 2.45) is 7.05 Å². The second kappa shape index (κ2) is 2.74. The van der Waals surface area contributed by atoms with Gasteiger partial charge in [-0.2, -0.15) is 0 Å². The van der Waals surface area contributed by atoms with Gasteiger partial charge in [0, 0.05) is 18.1 Å². The van der Waals surface area contributed by atoms with Crippen LogP contribution >= 0.6 is 0 Å². The Morgan fingerprint density at radius 1 is 1.21 bits per heavy atom. The highest BCUT2D eigenvalue weighted by Crippen LogP contribution is 2.22. The van der Waals surface area contributed by atoms with Crippen molar-refractivity contribution >= 4 is 10.8 Å². The van der Waals surface area contributed by atoms with Crippen molar-refractivity contribution in [1.82, 2.24) is 4.57 Å². The van der Waals surface area contributed by atoms with Gasteiger partial charge in [-0.15, -0.1) is 0 Å². The summed E-state index contributed by atoms with van der Waals surface area (Å²) in [5.41, 5.74) is 0.973. The first-order chi connectivity index (χ1) is 6.52. The van der Waals surface area contributed by atoms with Crippen molar-refractivity contribution in [3.05, 3.63) is 33.6 Å². The van der Waals surface area contributed by atoms with Gasteiger partial charge in [-0.3, -0.25) is 4.79 Å². The van der Waals surface area contributed by atoms with E-state index in [2.05, 4.69) is 0 Å². The molecule has 0 atom stereocenters. The molecule has 74 valence electrons. The van der Waals surface area contributed by atoms with Gasteiger partial charge in [0.2, 0.25) is 0 Å². The van der Waals surface area contributed by atoms with E-state index < -0.39 is 0 Å². The lowest BCUT2D eigenvalue weighted by atomic mass is 10.2. The first-order valence-corrected chi connectivity index (χ1v) is 4.58. The fraction of sp³-hybridized carbons (Fsp3) is 0.364. The molecular formula is C11H13NO2. The minimum Gasteiger partial charge on any atom is -0.465 e. The van der Waals surface area contributed by atoms with Crippen LogP contribution in [-0.4, -0.2) is 4.57 Å². The number of rotatable bonds is 0. The molecular weight excluding hydrogens is 178 g/mol. The molecule has 0 fully saturated rings. The fourth-order valence-corrected chi connectivity index (χ4v) is 1.77. The Bertz CT molecular complexity index is 561. The summed E-state index contributed by atoms with van der Waals surface area (Å²) >= 11 is 0. The molecule has 0 saturated heterocycles. The number of hydrogen-bond donors (Lipinski definition) is 0. The van der Waals surface area contributed by atoms with Crippen LogP contribution in [0, 0.1) is 20.8 Å². The lowest BCUT2D eigenvalue weighted by Gasteiger charge is -2.02. The number of nitrogens with zero attached hydrogens (tertiary/aromatic N) is 1. The number of aromatic nitrogens is 1. The number of pyridine rings is 1. The maximum atomic E-state index is 11.9. The molecule has 2 rings (SSSR count). The fourth-order valence-electron chi connectivity index (χ4n) is 1.77. The Balaban J connectivity index is 3.09. The molecule has 0 unspecified atom stereocenters. The van der Waals surface area contributed by atoms with Crippen LogP contribution in [0.5, 0.6) is 0 Å². The molecule has 0 aliphatic rings. The minimum atomic E-state index is 0.0225. The van der Waals surface area contributed by atoms with Gasteiger partial charge in [0.15, 0.2) is 0 Å². The molecule has 0 aliphatic carbocycles. The normalized spacial score (nSPS) is 11.1. The SMILES string of the molecule is Cc1oc(C)c2c(=O)n(C)c(C)cc12. The van der Waals surface area contributed by atoms with E-state index in [1.54, 1.807) is 11.6 Å². The van der Waals surface area contributed by atoms with Crippen molar-refractivity contribution in [2.75, 3.05) is 0 Å². The minimum absolute atomic E-state index is 0.0225. The van der Waals surface area contributed by atoms with E-state index in [1.807, 2.05) is 26.8 Å². The third kappa shape index (κ3) is 1.02. The van der Waals surface area contributed by atoms with Crippen LogP contribution in [0.3, 0.4) is 0 Å². The highest BCUT2D eigenvalue weighted by molar-refractivity contribution is 5.86. The Morgan fingerprint density at radius 3 is 2.50 bits per heavy atom. The van der Waals surface area contributed by atoms with Gasteiger partial charge < -0.3 is 8.98 Å². The molecule has 0 saturated carbocycles.